The van der Waals surface area contributed by atoms with E-state index < -0.39 is 0 Å². The predicted octanol–water partition coefficient (Wildman–Crippen LogP) is 3.16. The topological polar surface area (TPSA) is 29.3 Å². The molecular formula is C16H30N2. The maximum absolute atomic E-state index is 6.20. The fourth-order valence-electron chi connectivity index (χ4n) is 4.95. The Kier molecular flexibility index (Phi) is 3.68. The van der Waals surface area contributed by atoms with Crippen LogP contribution in [0.4, 0.5) is 0 Å². The van der Waals surface area contributed by atoms with Crippen molar-refractivity contribution in [3.63, 3.8) is 0 Å². The van der Waals surface area contributed by atoms with Gasteiger partial charge < -0.3 is 5.73 Å². The summed E-state index contributed by atoms with van der Waals surface area (Å²) in [6.07, 6.45) is 13.2. The first-order valence-corrected chi connectivity index (χ1v) is 8.17. The molecule has 0 aromatic carbocycles. The summed E-state index contributed by atoms with van der Waals surface area (Å²) in [5.74, 6) is 0.802. The second kappa shape index (κ2) is 5.13. The molecule has 1 spiro atoms. The van der Waals surface area contributed by atoms with Crippen LogP contribution >= 0.6 is 0 Å². The first-order chi connectivity index (χ1) is 8.67. The van der Waals surface area contributed by atoms with E-state index in [1.807, 2.05) is 0 Å². The van der Waals surface area contributed by atoms with E-state index in [0.717, 1.165) is 23.9 Å². The van der Waals surface area contributed by atoms with Gasteiger partial charge in [0.05, 0.1) is 0 Å². The Morgan fingerprint density at radius 1 is 1.00 bits per heavy atom. The lowest BCUT2D eigenvalue weighted by molar-refractivity contribution is 0.0561. The SMILES string of the molecule is CC1CC(N)CN(C2CCC3(CCCC3)CC2)C1. The van der Waals surface area contributed by atoms with Crippen molar-refractivity contribution in [1.29, 1.82) is 0 Å². The molecule has 2 saturated carbocycles. The smallest absolute Gasteiger partial charge is 0.0170 e. The van der Waals surface area contributed by atoms with Crippen LogP contribution in [0.5, 0.6) is 0 Å². The van der Waals surface area contributed by atoms with Gasteiger partial charge in [-0.3, -0.25) is 4.90 Å². The van der Waals surface area contributed by atoms with Crippen molar-refractivity contribution in [2.45, 2.75) is 76.8 Å². The second-order valence-electron chi connectivity index (χ2n) is 7.49. The van der Waals surface area contributed by atoms with Gasteiger partial charge in [0.25, 0.3) is 0 Å². The third-order valence-electron chi connectivity index (χ3n) is 5.92. The molecule has 0 bridgehead atoms. The van der Waals surface area contributed by atoms with Gasteiger partial charge in [0.2, 0.25) is 0 Å². The molecule has 0 amide bonds. The number of nitrogens with zero attached hydrogens (tertiary/aromatic N) is 1. The number of rotatable bonds is 1. The first-order valence-electron chi connectivity index (χ1n) is 8.17. The zero-order valence-corrected chi connectivity index (χ0v) is 12.0. The fourth-order valence-corrected chi connectivity index (χ4v) is 4.95. The molecule has 0 aromatic heterocycles. The van der Waals surface area contributed by atoms with E-state index in [0.29, 0.717) is 6.04 Å². The van der Waals surface area contributed by atoms with Crippen LogP contribution in [0.3, 0.4) is 0 Å². The summed E-state index contributed by atoms with van der Waals surface area (Å²) in [7, 11) is 0. The summed E-state index contributed by atoms with van der Waals surface area (Å²) in [5.41, 5.74) is 6.97. The van der Waals surface area contributed by atoms with E-state index in [2.05, 4.69) is 11.8 Å². The summed E-state index contributed by atoms with van der Waals surface area (Å²) in [4.78, 5) is 2.72. The second-order valence-corrected chi connectivity index (χ2v) is 7.49. The van der Waals surface area contributed by atoms with Gasteiger partial charge >= 0.3 is 0 Å². The molecule has 104 valence electrons. The molecule has 2 heteroatoms. The monoisotopic (exact) mass is 250 g/mol. The molecule has 2 aliphatic carbocycles. The molecule has 0 aromatic rings. The zero-order chi connectivity index (χ0) is 12.6. The molecule has 1 heterocycles. The number of piperidine rings is 1. The Bertz CT molecular complexity index is 263. The molecule has 0 radical (unpaired) electrons. The van der Waals surface area contributed by atoms with E-state index in [1.54, 1.807) is 0 Å². The van der Waals surface area contributed by atoms with Gasteiger partial charge in [-0.2, -0.15) is 0 Å². The van der Waals surface area contributed by atoms with Crippen molar-refractivity contribution in [3.05, 3.63) is 0 Å². The van der Waals surface area contributed by atoms with E-state index in [4.69, 9.17) is 5.73 Å². The van der Waals surface area contributed by atoms with E-state index >= 15 is 0 Å². The van der Waals surface area contributed by atoms with Gasteiger partial charge in [-0.15, -0.1) is 0 Å². The van der Waals surface area contributed by atoms with Crippen LogP contribution in [-0.2, 0) is 0 Å². The Morgan fingerprint density at radius 3 is 2.28 bits per heavy atom. The summed E-state index contributed by atoms with van der Waals surface area (Å²) in [6, 6.07) is 1.28. The minimum atomic E-state index is 0.427. The average molecular weight is 250 g/mol. The highest BCUT2D eigenvalue weighted by atomic mass is 15.2. The number of hydrogen-bond donors (Lipinski definition) is 1. The van der Waals surface area contributed by atoms with Crippen molar-refractivity contribution >= 4 is 0 Å². The van der Waals surface area contributed by atoms with Crippen molar-refractivity contribution in [1.82, 2.24) is 4.90 Å². The van der Waals surface area contributed by atoms with Gasteiger partial charge in [0, 0.05) is 25.2 Å². The van der Waals surface area contributed by atoms with Crippen molar-refractivity contribution in [2.24, 2.45) is 17.1 Å². The van der Waals surface area contributed by atoms with Crippen LogP contribution in [0.2, 0.25) is 0 Å². The molecule has 1 aliphatic heterocycles. The molecular weight excluding hydrogens is 220 g/mol. The summed E-state index contributed by atoms with van der Waals surface area (Å²) in [6.45, 7) is 4.82. The Balaban J connectivity index is 1.55. The molecule has 2 unspecified atom stereocenters. The minimum absolute atomic E-state index is 0.427. The van der Waals surface area contributed by atoms with Gasteiger partial charge in [0.15, 0.2) is 0 Å². The molecule has 3 aliphatic rings. The maximum atomic E-state index is 6.20. The number of hydrogen-bond acceptors (Lipinski definition) is 2. The standard InChI is InChI=1S/C16H30N2/c1-13-10-14(17)12-18(11-13)15-4-8-16(9-5-15)6-2-3-7-16/h13-15H,2-12,17H2,1H3. The Labute approximate surface area is 112 Å². The molecule has 2 N–H and O–H groups in total. The van der Waals surface area contributed by atoms with E-state index in [1.165, 1.54) is 64.3 Å². The van der Waals surface area contributed by atoms with Crippen LogP contribution in [0.15, 0.2) is 0 Å². The lowest BCUT2D eigenvalue weighted by Gasteiger charge is -2.45. The highest BCUT2D eigenvalue weighted by Crippen LogP contribution is 2.49. The van der Waals surface area contributed by atoms with Gasteiger partial charge in [0.1, 0.15) is 0 Å². The lowest BCUT2D eigenvalue weighted by atomic mass is 9.71. The maximum Gasteiger partial charge on any atom is 0.0170 e. The summed E-state index contributed by atoms with van der Waals surface area (Å²) < 4.78 is 0. The lowest BCUT2D eigenvalue weighted by Crippen LogP contribution is -2.51. The third-order valence-corrected chi connectivity index (χ3v) is 5.92. The quantitative estimate of drug-likeness (QED) is 0.774. The Hall–Kier alpha value is -0.0800. The van der Waals surface area contributed by atoms with Crippen molar-refractivity contribution < 1.29 is 0 Å². The van der Waals surface area contributed by atoms with Crippen molar-refractivity contribution in [2.75, 3.05) is 13.1 Å². The molecule has 2 atom stereocenters. The first kappa shape index (κ1) is 12.9. The summed E-state index contributed by atoms with van der Waals surface area (Å²) >= 11 is 0. The molecule has 1 saturated heterocycles. The fraction of sp³-hybridized carbons (Fsp3) is 1.00. The highest BCUT2D eigenvalue weighted by molar-refractivity contribution is 4.93. The van der Waals surface area contributed by atoms with Gasteiger partial charge in [-0.05, 0) is 56.3 Å². The van der Waals surface area contributed by atoms with Crippen LogP contribution in [0.1, 0.15) is 64.7 Å². The average Bonchev–Trinajstić information content (AvgIpc) is 2.77. The summed E-state index contributed by atoms with van der Waals surface area (Å²) in [5, 5.41) is 0. The minimum Gasteiger partial charge on any atom is -0.327 e. The predicted molar refractivity (Wildman–Crippen MR) is 76.5 cm³/mol. The Morgan fingerprint density at radius 2 is 1.67 bits per heavy atom. The third kappa shape index (κ3) is 2.60. The van der Waals surface area contributed by atoms with Crippen LogP contribution in [-0.4, -0.2) is 30.1 Å². The molecule has 3 fully saturated rings. The van der Waals surface area contributed by atoms with Crippen molar-refractivity contribution in [3.8, 4) is 0 Å². The van der Waals surface area contributed by atoms with Gasteiger partial charge in [-0.25, -0.2) is 0 Å². The number of likely N-dealkylation sites (tertiary alicyclic amines) is 1. The highest BCUT2D eigenvalue weighted by Gasteiger charge is 2.39. The van der Waals surface area contributed by atoms with E-state index in [9.17, 15) is 0 Å². The van der Waals surface area contributed by atoms with Gasteiger partial charge in [-0.1, -0.05) is 19.8 Å². The van der Waals surface area contributed by atoms with E-state index in [-0.39, 0.29) is 0 Å². The van der Waals surface area contributed by atoms with Crippen LogP contribution in [0.25, 0.3) is 0 Å². The normalized spacial score (nSPS) is 38.3. The zero-order valence-electron chi connectivity index (χ0n) is 12.0. The molecule has 2 nitrogen and oxygen atoms in total. The largest absolute Gasteiger partial charge is 0.327 e. The molecule has 18 heavy (non-hydrogen) atoms. The number of nitrogens with two attached hydrogens (primary N) is 1. The van der Waals surface area contributed by atoms with Crippen LogP contribution < -0.4 is 5.73 Å². The molecule has 3 rings (SSSR count). The van der Waals surface area contributed by atoms with Crippen LogP contribution in [0, 0.1) is 11.3 Å².